The van der Waals surface area contributed by atoms with Crippen LogP contribution >= 0.6 is 0 Å². The Labute approximate surface area is 136 Å². The summed E-state index contributed by atoms with van der Waals surface area (Å²) in [6.07, 6.45) is 8.76. The molecule has 4 bridgehead atoms. The van der Waals surface area contributed by atoms with Gasteiger partial charge in [-0.2, -0.15) is 0 Å². The fraction of sp³-hybridized carbons (Fsp3) is 0.684. The summed E-state index contributed by atoms with van der Waals surface area (Å²) in [6, 6.07) is 8.24. The molecule has 0 saturated heterocycles. The SMILES string of the molecule is CC(O)(c1ccc(OC[SiH3])cc1)C12CC3CC(CC(C3)C1)C2. The molecule has 0 heterocycles. The average molecular weight is 317 g/mol. The Balaban J connectivity index is 1.65. The van der Waals surface area contributed by atoms with E-state index in [0.717, 1.165) is 45.5 Å². The minimum absolute atomic E-state index is 0.113. The molecule has 0 radical (unpaired) electrons. The van der Waals surface area contributed by atoms with E-state index in [4.69, 9.17) is 4.74 Å². The third-order valence-electron chi connectivity index (χ3n) is 6.80. The minimum atomic E-state index is -0.706. The lowest BCUT2D eigenvalue weighted by Crippen LogP contribution is -2.55. The van der Waals surface area contributed by atoms with E-state index in [1.165, 1.54) is 38.5 Å². The van der Waals surface area contributed by atoms with Crippen LogP contribution in [0.4, 0.5) is 0 Å². The van der Waals surface area contributed by atoms with Gasteiger partial charge < -0.3 is 9.84 Å². The van der Waals surface area contributed by atoms with Crippen LogP contribution in [0.3, 0.4) is 0 Å². The van der Waals surface area contributed by atoms with E-state index in [9.17, 15) is 5.11 Å². The summed E-state index contributed by atoms with van der Waals surface area (Å²) in [4.78, 5) is 0. The van der Waals surface area contributed by atoms with Gasteiger partial charge in [0.1, 0.15) is 5.75 Å². The van der Waals surface area contributed by atoms with Crippen molar-refractivity contribution < 1.29 is 9.84 Å². The molecule has 0 aromatic heterocycles. The van der Waals surface area contributed by atoms with Crippen molar-refractivity contribution in [2.75, 3.05) is 6.23 Å². The lowest BCUT2D eigenvalue weighted by Gasteiger charge is -2.61. The van der Waals surface area contributed by atoms with Crippen molar-refractivity contribution in [1.29, 1.82) is 0 Å². The van der Waals surface area contributed by atoms with Crippen molar-refractivity contribution in [1.82, 2.24) is 0 Å². The molecule has 0 aliphatic heterocycles. The lowest BCUT2D eigenvalue weighted by molar-refractivity contribution is -0.176. The van der Waals surface area contributed by atoms with E-state index in [2.05, 4.69) is 19.1 Å². The molecule has 4 fully saturated rings. The maximum Gasteiger partial charge on any atom is 0.118 e. The molecule has 2 nitrogen and oxygen atoms in total. The van der Waals surface area contributed by atoms with Crippen molar-refractivity contribution in [2.24, 2.45) is 23.2 Å². The van der Waals surface area contributed by atoms with E-state index in [0.29, 0.717) is 0 Å². The smallest absolute Gasteiger partial charge is 0.118 e. The van der Waals surface area contributed by atoms with Gasteiger partial charge in [0.2, 0.25) is 0 Å². The molecule has 4 saturated carbocycles. The molecule has 4 aliphatic rings. The van der Waals surface area contributed by atoms with Crippen molar-refractivity contribution in [3.63, 3.8) is 0 Å². The molecule has 22 heavy (non-hydrogen) atoms. The maximum absolute atomic E-state index is 11.5. The quantitative estimate of drug-likeness (QED) is 0.866. The summed E-state index contributed by atoms with van der Waals surface area (Å²) in [5.74, 6) is 3.53. The molecule has 120 valence electrons. The Morgan fingerprint density at radius 3 is 2.05 bits per heavy atom. The number of ether oxygens (including phenoxy) is 1. The van der Waals surface area contributed by atoms with Crippen LogP contribution in [0.1, 0.15) is 51.0 Å². The van der Waals surface area contributed by atoms with Crippen molar-refractivity contribution in [2.45, 2.75) is 51.0 Å². The van der Waals surface area contributed by atoms with Crippen LogP contribution in [0, 0.1) is 23.2 Å². The van der Waals surface area contributed by atoms with E-state index in [-0.39, 0.29) is 5.41 Å². The lowest BCUT2D eigenvalue weighted by atomic mass is 9.45. The molecule has 0 spiro atoms. The largest absolute Gasteiger partial charge is 0.498 e. The predicted molar refractivity (Wildman–Crippen MR) is 92.1 cm³/mol. The van der Waals surface area contributed by atoms with E-state index >= 15 is 0 Å². The first kappa shape index (κ1) is 14.8. The number of hydrogen-bond acceptors (Lipinski definition) is 2. The van der Waals surface area contributed by atoms with Gasteiger partial charge in [-0.25, -0.2) is 0 Å². The van der Waals surface area contributed by atoms with Gasteiger partial charge in [0.05, 0.1) is 22.1 Å². The number of benzene rings is 1. The van der Waals surface area contributed by atoms with Crippen LogP contribution in [-0.4, -0.2) is 21.6 Å². The van der Waals surface area contributed by atoms with Crippen LogP contribution in [0.15, 0.2) is 24.3 Å². The number of rotatable bonds is 4. The minimum Gasteiger partial charge on any atom is -0.498 e. The zero-order valence-corrected chi connectivity index (χ0v) is 15.8. The Bertz CT molecular complexity index is 514. The maximum atomic E-state index is 11.5. The normalized spacial score (nSPS) is 38.9. The second-order valence-corrected chi connectivity index (χ2v) is 8.80. The highest BCUT2D eigenvalue weighted by Crippen LogP contribution is 2.65. The first-order valence-corrected chi connectivity index (χ1v) is 10.4. The third-order valence-corrected chi connectivity index (χ3v) is 7.09. The van der Waals surface area contributed by atoms with Crippen LogP contribution in [0.5, 0.6) is 5.75 Å². The van der Waals surface area contributed by atoms with Gasteiger partial charge in [-0.05, 0) is 80.9 Å². The van der Waals surface area contributed by atoms with Crippen molar-refractivity contribution in [3.8, 4) is 5.75 Å². The van der Waals surface area contributed by atoms with E-state index in [1.54, 1.807) is 0 Å². The third kappa shape index (κ3) is 2.16. The van der Waals surface area contributed by atoms with E-state index < -0.39 is 5.60 Å². The molecular formula is C19H28O2Si. The zero-order valence-electron chi connectivity index (χ0n) is 13.8. The summed E-state index contributed by atoms with van der Waals surface area (Å²) in [6.45, 7) is 2.07. The van der Waals surface area contributed by atoms with Crippen LogP contribution in [0.25, 0.3) is 0 Å². The highest BCUT2D eigenvalue weighted by atomic mass is 28.1. The van der Waals surface area contributed by atoms with Gasteiger partial charge >= 0.3 is 0 Å². The van der Waals surface area contributed by atoms with Crippen LogP contribution in [0.2, 0.25) is 0 Å². The van der Waals surface area contributed by atoms with Gasteiger partial charge in [-0.15, -0.1) is 0 Å². The monoisotopic (exact) mass is 316 g/mol. The van der Waals surface area contributed by atoms with E-state index in [1.807, 2.05) is 12.1 Å². The first-order valence-electron chi connectivity index (χ1n) is 8.98. The molecule has 1 atom stereocenters. The summed E-state index contributed by atoms with van der Waals surface area (Å²) in [5, 5.41) is 11.5. The number of hydrogen-bond donors (Lipinski definition) is 1. The first-order chi connectivity index (χ1) is 10.5. The summed E-state index contributed by atoms with van der Waals surface area (Å²) < 4.78 is 5.60. The average Bonchev–Trinajstić information content (AvgIpc) is 2.46. The second kappa shape index (κ2) is 5.10. The van der Waals surface area contributed by atoms with Gasteiger partial charge in [-0.3, -0.25) is 0 Å². The Morgan fingerprint density at radius 1 is 1.09 bits per heavy atom. The van der Waals surface area contributed by atoms with Gasteiger partial charge in [0.25, 0.3) is 0 Å². The van der Waals surface area contributed by atoms with Gasteiger partial charge in [0.15, 0.2) is 0 Å². The highest BCUT2D eigenvalue weighted by Gasteiger charge is 2.58. The summed E-state index contributed by atoms with van der Waals surface area (Å²) in [5.41, 5.74) is 0.486. The predicted octanol–water partition coefficient (Wildman–Crippen LogP) is 2.81. The standard InChI is InChI=1S/C19H28O2Si/c1-18(20,16-2-4-17(5-3-16)21-12-22)19-9-13-6-14(10-19)8-15(7-13)11-19/h2-5,13-15,20H,6-12H2,1,22H3. The van der Waals surface area contributed by atoms with Crippen molar-refractivity contribution in [3.05, 3.63) is 29.8 Å². The molecule has 1 aromatic rings. The molecule has 4 aliphatic carbocycles. The Morgan fingerprint density at radius 2 is 1.59 bits per heavy atom. The molecule has 1 N–H and O–H groups in total. The fourth-order valence-electron chi connectivity index (χ4n) is 6.06. The molecule has 0 amide bonds. The van der Waals surface area contributed by atoms with Crippen molar-refractivity contribution >= 4 is 10.2 Å². The fourth-order valence-corrected chi connectivity index (χ4v) is 6.39. The molecule has 1 aromatic carbocycles. The van der Waals surface area contributed by atoms with Crippen LogP contribution in [-0.2, 0) is 5.60 Å². The number of aliphatic hydroxyl groups is 1. The molecular weight excluding hydrogens is 288 g/mol. The molecule has 1 unspecified atom stereocenters. The van der Waals surface area contributed by atoms with Gasteiger partial charge in [0, 0.05) is 5.41 Å². The summed E-state index contributed by atoms with van der Waals surface area (Å²) in [7, 11) is 1.05. The Kier molecular flexibility index (Phi) is 3.42. The molecule has 3 heteroatoms. The zero-order chi connectivity index (χ0) is 15.4. The topological polar surface area (TPSA) is 29.5 Å². The van der Waals surface area contributed by atoms with Crippen LogP contribution < -0.4 is 4.74 Å². The van der Waals surface area contributed by atoms with Gasteiger partial charge in [-0.1, -0.05) is 12.1 Å². The Hall–Kier alpha value is -0.803. The summed E-state index contributed by atoms with van der Waals surface area (Å²) >= 11 is 0. The second-order valence-electron chi connectivity index (χ2n) is 8.23. The highest BCUT2D eigenvalue weighted by molar-refractivity contribution is 6.08. The molecule has 5 rings (SSSR count).